The lowest BCUT2D eigenvalue weighted by atomic mass is 10.1. The summed E-state index contributed by atoms with van der Waals surface area (Å²) in [5.74, 6) is 0. The van der Waals surface area contributed by atoms with Crippen LogP contribution in [0.15, 0.2) is 11.7 Å². The lowest BCUT2D eigenvalue weighted by molar-refractivity contribution is 0.242. The first-order valence-electron chi connectivity index (χ1n) is 6.95. The molecule has 0 aliphatic rings. The van der Waals surface area contributed by atoms with Crippen LogP contribution in [0, 0.1) is 0 Å². The van der Waals surface area contributed by atoms with Gasteiger partial charge < -0.3 is 9.64 Å². The van der Waals surface area contributed by atoms with Crippen LogP contribution in [0.5, 0.6) is 0 Å². The number of halogens is 2. The van der Waals surface area contributed by atoms with E-state index in [2.05, 4.69) is 0 Å². The molecule has 0 N–H and O–H groups in total. The number of nitrogens with zero attached hydrogens (tertiary/aromatic N) is 1. The van der Waals surface area contributed by atoms with Gasteiger partial charge in [0.1, 0.15) is 0 Å². The molecule has 0 aromatic rings. The summed E-state index contributed by atoms with van der Waals surface area (Å²) in [6, 6.07) is 0. The fourth-order valence-corrected chi connectivity index (χ4v) is 2.01. The molecular weight excluding hydrogens is 268 g/mol. The highest BCUT2D eigenvalue weighted by atomic mass is 32.1. The Balaban J connectivity index is 3.51. The lowest BCUT2D eigenvalue weighted by Gasteiger charge is -2.21. The van der Waals surface area contributed by atoms with Crippen LogP contribution >= 0.6 is 12.2 Å². The normalized spacial score (nSPS) is 10.2. The van der Waals surface area contributed by atoms with E-state index in [-0.39, 0.29) is 5.57 Å². The molecule has 0 heterocycles. The average molecular weight is 293 g/mol. The maximum absolute atomic E-state index is 12.1. The van der Waals surface area contributed by atoms with Crippen molar-refractivity contribution >= 4 is 17.4 Å². The van der Waals surface area contributed by atoms with Gasteiger partial charge in [0.25, 0.3) is 11.3 Å². The van der Waals surface area contributed by atoms with Gasteiger partial charge in [0.2, 0.25) is 0 Å². The van der Waals surface area contributed by atoms with E-state index >= 15 is 0 Å². The Morgan fingerprint density at radius 3 is 2.16 bits per heavy atom. The second-order valence-corrected chi connectivity index (χ2v) is 4.84. The van der Waals surface area contributed by atoms with Crippen molar-refractivity contribution in [2.45, 2.75) is 52.9 Å². The maximum Gasteiger partial charge on any atom is 0.269 e. The number of hydrogen-bond acceptors (Lipinski definition) is 2. The summed E-state index contributed by atoms with van der Waals surface area (Å²) in [5, 5.41) is 0.559. The average Bonchev–Trinajstić information content (AvgIpc) is 2.38. The van der Waals surface area contributed by atoms with Gasteiger partial charge in [-0.05, 0) is 57.8 Å². The van der Waals surface area contributed by atoms with Crippen LogP contribution in [0.4, 0.5) is 8.78 Å². The van der Waals surface area contributed by atoms with E-state index in [1.54, 1.807) is 0 Å². The number of ether oxygens (including phenoxy) is 1. The van der Waals surface area contributed by atoms with E-state index in [1.807, 2.05) is 18.7 Å². The van der Waals surface area contributed by atoms with Gasteiger partial charge >= 0.3 is 0 Å². The zero-order valence-electron chi connectivity index (χ0n) is 12.2. The number of allylic oxidation sites excluding steroid dienone is 1. The summed E-state index contributed by atoms with van der Waals surface area (Å²) >= 11 is 5.15. The molecule has 0 bridgehead atoms. The highest BCUT2D eigenvalue weighted by Gasteiger charge is 2.05. The molecule has 0 amide bonds. The quantitative estimate of drug-likeness (QED) is 0.449. The third-order valence-corrected chi connectivity index (χ3v) is 3.39. The highest BCUT2D eigenvalue weighted by molar-refractivity contribution is 7.80. The molecule has 0 aliphatic carbocycles. The number of unbranched alkanes of at least 4 members (excludes halogenated alkanes) is 3. The molecule has 0 fully saturated rings. The summed E-state index contributed by atoms with van der Waals surface area (Å²) in [6.07, 6.45) is 2.62. The Labute approximate surface area is 120 Å². The first-order valence-corrected chi connectivity index (χ1v) is 7.36. The number of thiocarbonyl (C=S) groups is 1. The molecule has 0 saturated carbocycles. The predicted octanol–water partition coefficient (Wildman–Crippen LogP) is 4.75. The van der Waals surface area contributed by atoms with E-state index < -0.39 is 6.08 Å². The highest BCUT2D eigenvalue weighted by Crippen LogP contribution is 2.15. The van der Waals surface area contributed by atoms with Gasteiger partial charge in [-0.25, -0.2) is 0 Å². The van der Waals surface area contributed by atoms with Crippen molar-refractivity contribution in [3.05, 3.63) is 11.7 Å². The van der Waals surface area contributed by atoms with Crippen LogP contribution in [0.1, 0.15) is 52.9 Å². The van der Waals surface area contributed by atoms with Gasteiger partial charge in [-0.15, -0.1) is 0 Å². The van der Waals surface area contributed by atoms with Crippen molar-refractivity contribution in [2.75, 3.05) is 19.7 Å². The third kappa shape index (κ3) is 8.92. The van der Waals surface area contributed by atoms with Gasteiger partial charge in [-0.2, -0.15) is 8.78 Å². The van der Waals surface area contributed by atoms with Crippen LogP contribution in [-0.4, -0.2) is 29.8 Å². The minimum absolute atomic E-state index is 0.207. The fraction of sp³-hybridized carbons (Fsp3) is 0.786. The monoisotopic (exact) mass is 293 g/mol. The van der Waals surface area contributed by atoms with Crippen LogP contribution in [0.3, 0.4) is 0 Å². The summed E-state index contributed by atoms with van der Waals surface area (Å²) in [5.41, 5.74) is 0.207. The Kier molecular flexibility index (Phi) is 10.7. The van der Waals surface area contributed by atoms with Crippen LogP contribution < -0.4 is 0 Å². The Bertz CT molecular complexity index is 287. The first kappa shape index (κ1) is 18.3. The van der Waals surface area contributed by atoms with Crippen molar-refractivity contribution < 1.29 is 13.5 Å². The van der Waals surface area contributed by atoms with Crippen molar-refractivity contribution in [3.8, 4) is 0 Å². The van der Waals surface area contributed by atoms with E-state index in [9.17, 15) is 8.78 Å². The van der Waals surface area contributed by atoms with E-state index in [0.717, 1.165) is 38.8 Å². The zero-order chi connectivity index (χ0) is 14.7. The molecule has 0 radical (unpaired) electrons. The van der Waals surface area contributed by atoms with Crippen LogP contribution in [-0.2, 0) is 4.74 Å². The van der Waals surface area contributed by atoms with E-state index in [0.29, 0.717) is 18.2 Å². The number of rotatable bonds is 9. The van der Waals surface area contributed by atoms with Crippen molar-refractivity contribution in [1.29, 1.82) is 0 Å². The summed E-state index contributed by atoms with van der Waals surface area (Å²) in [7, 11) is 0. The second kappa shape index (κ2) is 11.1. The third-order valence-electron chi connectivity index (χ3n) is 3.02. The Morgan fingerprint density at radius 1 is 1.05 bits per heavy atom. The fourth-order valence-electron chi connectivity index (χ4n) is 1.67. The molecule has 0 aromatic carbocycles. The molecule has 0 aliphatic heterocycles. The molecule has 19 heavy (non-hydrogen) atoms. The Morgan fingerprint density at radius 2 is 1.63 bits per heavy atom. The summed E-state index contributed by atoms with van der Waals surface area (Å²) in [6.45, 7) is 7.89. The maximum atomic E-state index is 12.1. The number of hydrogen-bond donors (Lipinski definition) is 0. The lowest BCUT2D eigenvalue weighted by Crippen LogP contribution is -2.31. The largest absolute Gasteiger partial charge is 0.471 e. The van der Waals surface area contributed by atoms with Crippen LogP contribution in [0.2, 0.25) is 0 Å². The van der Waals surface area contributed by atoms with Crippen LogP contribution in [0.25, 0.3) is 0 Å². The molecule has 0 aromatic heterocycles. The molecule has 112 valence electrons. The molecule has 0 rings (SSSR count). The van der Waals surface area contributed by atoms with E-state index in [1.165, 1.54) is 6.92 Å². The molecule has 5 heteroatoms. The summed E-state index contributed by atoms with van der Waals surface area (Å²) < 4.78 is 29.7. The topological polar surface area (TPSA) is 12.5 Å². The van der Waals surface area contributed by atoms with Gasteiger partial charge in [-0.3, -0.25) is 0 Å². The Hall–Kier alpha value is -0.710. The molecule has 2 nitrogen and oxygen atoms in total. The van der Waals surface area contributed by atoms with E-state index in [4.69, 9.17) is 17.0 Å². The summed E-state index contributed by atoms with van der Waals surface area (Å²) in [4.78, 5) is 1.99. The molecule has 0 saturated heterocycles. The van der Waals surface area contributed by atoms with Gasteiger partial charge in [0, 0.05) is 13.1 Å². The minimum Gasteiger partial charge on any atom is -0.471 e. The molecule has 0 unspecified atom stereocenters. The minimum atomic E-state index is -1.53. The standard InChI is InChI=1S/C14H25F2NOS/c1-4-17(5-2)14(19)18-11-9-7-6-8-10-12(3)13(15)16/h4-11H2,1-3H3. The SMILES string of the molecule is CCN(CC)C(=S)OCCCCCCC(C)=C(F)F. The molecule has 0 atom stereocenters. The van der Waals surface area contributed by atoms with Crippen molar-refractivity contribution in [1.82, 2.24) is 4.90 Å². The predicted molar refractivity (Wildman–Crippen MR) is 79.5 cm³/mol. The van der Waals surface area contributed by atoms with Gasteiger partial charge in [0.15, 0.2) is 0 Å². The zero-order valence-corrected chi connectivity index (χ0v) is 13.0. The smallest absolute Gasteiger partial charge is 0.269 e. The molecule has 0 spiro atoms. The molecular formula is C14H25F2NOS. The second-order valence-electron chi connectivity index (χ2n) is 4.49. The van der Waals surface area contributed by atoms with Crippen molar-refractivity contribution in [3.63, 3.8) is 0 Å². The van der Waals surface area contributed by atoms with Gasteiger partial charge in [-0.1, -0.05) is 12.8 Å². The first-order chi connectivity index (χ1) is 9.02. The van der Waals surface area contributed by atoms with Gasteiger partial charge in [0.05, 0.1) is 6.61 Å². The van der Waals surface area contributed by atoms with Crippen molar-refractivity contribution in [2.24, 2.45) is 0 Å².